The topological polar surface area (TPSA) is 35.5 Å². The van der Waals surface area contributed by atoms with Gasteiger partial charge in [-0.3, -0.25) is 0 Å². The Morgan fingerprint density at radius 2 is 2.26 bits per heavy atom. The minimum Gasteiger partial charge on any atom is -0.507 e. The number of aromatic hydroxyl groups is 1. The highest BCUT2D eigenvalue weighted by Gasteiger charge is 2.21. The maximum absolute atomic E-state index is 10.5. The standard InChI is InChI=1S/C16H24N2O/c1-18-9-3-5-14-15(18)7-6-13(16(14)19)10-12-4-2-8-17-11-12/h6-7,12,17,19H,2-5,8-11H2,1H3. The lowest BCUT2D eigenvalue weighted by molar-refractivity contribution is 0.369. The van der Waals surface area contributed by atoms with Gasteiger partial charge in [0.1, 0.15) is 5.75 Å². The summed E-state index contributed by atoms with van der Waals surface area (Å²) in [7, 11) is 2.11. The summed E-state index contributed by atoms with van der Waals surface area (Å²) in [4.78, 5) is 2.25. The fourth-order valence-electron chi connectivity index (χ4n) is 3.47. The molecule has 104 valence electrons. The number of hydrogen-bond acceptors (Lipinski definition) is 3. The van der Waals surface area contributed by atoms with E-state index in [9.17, 15) is 5.11 Å². The van der Waals surface area contributed by atoms with Crippen LogP contribution in [0.3, 0.4) is 0 Å². The molecule has 0 spiro atoms. The quantitative estimate of drug-likeness (QED) is 0.856. The van der Waals surface area contributed by atoms with Crippen molar-refractivity contribution in [1.82, 2.24) is 5.32 Å². The predicted molar refractivity (Wildman–Crippen MR) is 79.0 cm³/mol. The molecule has 1 unspecified atom stereocenters. The minimum atomic E-state index is 0.564. The maximum Gasteiger partial charge on any atom is 0.124 e. The van der Waals surface area contributed by atoms with E-state index in [4.69, 9.17) is 0 Å². The van der Waals surface area contributed by atoms with Gasteiger partial charge in [0, 0.05) is 24.8 Å². The van der Waals surface area contributed by atoms with Gasteiger partial charge in [-0.05, 0) is 62.7 Å². The van der Waals surface area contributed by atoms with E-state index in [1.807, 2.05) is 0 Å². The van der Waals surface area contributed by atoms with Gasteiger partial charge in [-0.15, -0.1) is 0 Å². The zero-order valence-corrected chi connectivity index (χ0v) is 11.8. The van der Waals surface area contributed by atoms with E-state index in [0.29, 0.717) is 11.7 Å². The molecular weight excluding hydrogens is 236 g/mol. The summed E-state index contributed by atoms with van der Waals surface area (Å²) >= 11 is 0. The first-order chi connectivity index (χ1) is 9.25. The van der Waals surface area contributed by atoms with Gasteiger partial charge in [-0.25, -0.2) is 0 Å². The third kappa shape index (κ3) is 2.57. The normalized spacial score (nSPS) is 23.2. The SMILES string of the molecule is CN1CCCc2c1ccc(CC1CCCNC1)c2O. The van der Waals surface area contributed by atoms with Crippen LogP contribution in [-0.4, -0.2) is 31.8 Å². The van der Waals surface area contributed by atoms with Gasteiger partial charge in [0.25, 0.3) is 0 Å². The highest BCUT2D eigenvalue weighted by atomic mass is 16.3. The molecule has 19 heavy (non-hydrogen) atoms. The lowest BCUT2D eigenvalue weighted by atomic mass is 9.89. The van der Waals surface area contributed by atoms with Crippen molar-refractivity contribution >= 4 is 5.69 Å². The number of phenolic OH excluding ortho intramolecular Hbond substituents is 1. The molecule has 2 N–H and O–H groups in total. The van der Waals surface area contributed by atoms with Crippen LogP contribution in [-0.2, 0) is 12.8 Å². The molecule has 3 rings (SSSR count). The average molecular weight is 260 g/mol. The van der Waals surface area contributed by atoms with Crippen LogP contribution in [0.25, 0.3) is 0 Å². The van der Waals surface area contributed by atoms with Gasteiger partial charge in [0.15, 0.2) is 0 Å². The molecule has 0 aromatic heterocycles. The van der Waals surface area contributed by atoms with E-state index in [0.717, 1.165) is 50.0 Å². The van der Waals surface area contributed by atoms with E-state index in [1.54, 1.807) is 0 Å². The van der Waals surface area contributed by atoms with E-state index in [1.165, 1.54) is 18.5 Å². The van der Waals surface area contributed by atoms with Gasteiger partial charge < -0.3 is 15.3 Å². The molecule has 3 heteroatoms. The molecule has 0 aliphatic carbocycles. The number of phenols is 1. The molecule has 2 aliphatic heterocycles. The predicted octanol–water partition coefficient (Wildman–Crippen LogP) is 2.32. The second-order valence-electron chi connectivity index (χ2n) is 6.01. The highest BCUT2D eigenvalue weighted by molar-refractivity contribution is 5.62. The van der Waals surface area contributed by atoms with E-state index < -0.39 is 0 Å². The molecule has 0 saturated carbocycles. The van der Waals surface area contributed by atoms with Crippen molar-refractivity contribution in [3.8, 4) is 5.75 Å². The smallest absolute Gasteiger partial charge is 0.124 e. The molecule has 0 radical (unpaired) electrons. The summed E-state index contributed by atoms with van der Waals surface area (Å²) in [5, 5.41) is 14.0. The Kier molecular flexibility index (Phi) is 3.65. The number of anilines is 1. The van der Waals surface area contributed by atoms with Gasteiger partial charge in [-0.2, -0.15) is 0 Å². The van der Waals surface area contributed by atoms with Crippen molar-refractivity contribution in [1.29, 1.82) is 0 Å². The monoisotopic (exact) mass is 260 g/mol. The van der Waals surface area contributed by atoms with E-state index in [2.05, 4.69) is 29.4 Å². The van der Waals surface area contributed by atoms with Gasteiger partial charge in [-0.1, -0.05) is 6.07 Å². The van der Waals surface area contributed by atoms with Crippen LogP contribution in [0.5, 0.6) is 5.75 Å². The van der Waals surface area contributed by atoms with Crippen LogP contribution >= 0.6 is 0 Å². The summed E-state index contributed by atoms with van der Waals surface area (Å²) in [5.74, 6) is 1.24. The summed E-state index contributed by atoms with van der Waals surface area (Å²) < 4.78 is 0. The molecule has 0 amide bonds. The lowest BCUT2D eigenvalue weighted by Gasteiger charge is -2.29. The molecule has 1 aromatic carbocycles. The third-order valence-corrected chi connectivity index (χ3v) is 4.58. The number of nitrogens with zero attached hydrogens (tertiary/aromatic N) is 1. The van der Waals surface area contributed by atoms with Crippen LogP contribution in [0.4, 0.5) is 5.69 Å². The molecule has 0 bridgehead atoms. The van der Waals surface area contributed by atoms with Crippen molar-refractivity contribution < 1.29 is 5.11 Å². The Morgan fingerprint density at radius 1 is 1.37 bits per heavy atom. The molecule has 1 saturated heterocycles. The molecule has 2 heterocycles. The first-order valence-electron chi connectivity index (χ1n) is 7.51. The zero-order valence-electron chi connectivity index (χ0n) is 11.8. The second-order valence-corrected chi connectivity index (χ2v) is 6.01. The Hall–Kier alpha value is -1.22. The van der Waals surface area contributed by atoms with Crippen LogP contribution in [0, 0.1) is 5.92 Å². The van der Waals surface area contributed by atoms with Crippen LogP contribution in [0.2, 0.25) is 0 Å². The molecule has 3 nitrogen and oxygen atoms in total. The molecule has 1 aromatic rings. The number of hydrogen-bond donors (Lipinski definition) is 2. The lowest BCUT2D eigenvalue weighted by Crippen LogP contribution is -2.31. The first-order valence-corrected chi connectivity index (χ1v) is 7.51. The number of rotatable bonds is 2. The Morgan fingerprint density at radius 3 is 3.05 bits per heavy atom. The molecule has 1 fully saturated rings. The molecular formula is C16H24N2O. The Bertz CT molecular complexity index is 452. The van der Waals surface area contributed by atoms with E-state index >= 15 is 0 Å². The molecule has 2 aliphatic rings. The zero-order chi connectivity index (χ0) is 13.2. The fourth-order valence-corrected chi connectivity index (χ4v) is 3.47. The molecule has 1 atom stereocenters. The van der Waals surface area contributed by atoms with Gasteiger partial charge in [0.05, 0.1) is 0 Å². The van der Waals surface area contributed by atoms with Gasteiger partial charge in [0.2, 0.25) is 0 Å². The average Bonchev–Trinajstić information content (AvgIpc) is 2.44. The van der Waals surface area contributed by atoms with Crippen molar-refractivity contribution in [3.05, 3.63) is 23.3 Å². The maximum atomic E-state index is 10.5. The van der Waals surface area contributed by atoms with Gasteiger partial charge >= 0.3 is 0 Å². The second kappa shape index (κ2) is 5.41. The number of benzene rings is 1. The summed E-state index contributed by atoms with van der Waals surface area (Å²) in [6.45, 7) is 3.34. The van der Waals surface area contributed by atoms with Crippen molar-refractivity contribution in [2.75, 3.05) is 31.6 Å². The largest absolute Gasteiger partial charge is 0.507 e. The van der Waals surface area contributed by atoms with Crippen molar-refractivity contribution in [2.24, 2.45) is 5.92 Å². The number of piperidine rings is 1. The highest BCUT2D eigenvalue weighted by Crippen LogP contribution is 2.36. The van der Waals surface area contributed by atoms with Crippen LogP contribution in [0.15, 0.2) is 12.1 Å². The Balaban J connectivity index is 1.82. The number of fused-ring (bicyclic) bond motifs is 1. The minimum absolute atomic E-state index is 0.564. The summed E-state index contributed by atoms with van der Waals surface area (Å²) in [5.41, 5.74) is 3.52. The first kappa shape index (κ1) is 12.8. The third-order valence-electron chi connectivity index (χ3n) is 4.58. The summed E-state index contributed by atoms with van der Waals surface area (Å²) in [6, 6.07) is 4.32. The van der Waals surface area contributed by atoms with E-state index in [-0.39, 0.29) is 0 Å². The fraction of sp³-hybridized carbons (Fsp3) is 0.625. The number of nitrogens with one attached hydrogen (secondary N) is 1. The Labute approximate surface area is 115 Å². The van der Waals surface area contributed by atoms with Crippen LogP contribution < -0.4 is 10.2 Å². The van der Waals surface area contributed by atoms with Crippen LogP contribution in [0.1, 0.15) is 30.4 Å². The van der Waals surface area contributed by atoms with Crippen molar-refractivity contribution in [2.45, 2.75) is 32.1 Å². The summed E-state index contributed by atoms with van der Waals surface area (Å²) in [6.07, 6.45) is 5.71. The van der Waals surface area contributed by atoms with Crippen molar-refractivity contribution in [3.63, 3.8) is 0 Å².